The number of amides is 1. The van der Waals surface area contributed by atoms with Crippen molar-refractivity contribution in [2.45, 2.75) is 37.8 Å². The lowest BCUT2D eigenvalue weighted by Crippen LogP contribution is -2.57. The van der Waals surface area contributed by atoms with Gasteiger partial charge in [0.05, 0.1) is 12.5 Å². The summed E-state index contributed by atoms with van der Waals surface area (Å²) in [6.07, 6.45) is 0.903. The lowest BCUT2D eigenvalue weighted by molar-refractivity contribution is -0.306. The molecule has 1 aromatic carbocycles. The van der Waals surface area contributed by atoms with Crippen molar-refractivity contribution in [1.29, 1.82) is 0 Å². The zero-order valence-electron chi connectivity index (χ0n) is 11.5. The summed E-state index contributed by atoms with van der Waals surface area (Å²) in [4.78, 5) is 24.4. The highest BCUT2D eigenvalue weighted by Crippen LogP contribution is 2.52. The summed E-state index contributed by atoms with van der Waals surface area (Å²) in [5.41, 5.74) is 0.599. The predicted octanol–water partition coefficient (Wildman–Crippen LogP) is 0.809. The number of carboxylic acids is 1. The van der Waals surface area contributed by atoms with Gasteiger partial charge in [-0.05, 0) is 37.8 Å². The molecule has 1 aliphatic carbocycles. The Balaban J connectivity index is 2.18. The first-order valence-electron chi connectivity index (χ1n) is 6.67. The number of rotatable bonds is 2. The van der Waals surface area contributed by atoms with Crippen LogP contribution in [0.25, 0.3) is 0 Å². The molecule has 0 unspecified atom stereocenters. The number of nitrogens with zero attached hydrogens (tertiary/aromatic N) is 1. The molecule has 1 aromatic rings. The van der Waals surface area contributed by atoms with E-state index in [4.69, 9.17) is 4.74 Å². The maximum Gasteiger partial charge on any atom is 0.411 e. The summed E-state index contributed by atoms with van der Waals surface area (Å²) in [5, 5.41) is 11.0. The fourth-order valence-electron chi connectivity index (χ4n) is 3.48. The van der Waals surface area contributed by atoms with Gasteiger partial charge in [0.15, 0.2) is 0 Å². The van der Waals surface area contributed by atoms with Crippen LogP contribution in [0.2, 0.25) is 0 Å². The van der Waals surface area contributed by atoms with Crippen molar-refractivity contribution in [2.75, 3.05) is 6.54 Å². The third-order valence-electron chi connectivity index (χ3n) is 4.80. The summed E-state index contributed by atoms with van der Waals surface area (Å²) in [7, 11) is 0. The highest BCUT2D eigenvalue weighted by molar-refractivity contribution is 5.79. The number of carbonyl (C=O) groups is 2. The molecule has 1 aliphatic heterocycles. The maximum atomic E-state index is 12.1. The van der Waals surface area contributed by atoms with E-state index in [9.17, 15) is 14.7 Å². The Labute approximate surface area is 117 Å². The van der Waals surface area contributed by atoms with Crippen LogP contribution in [0.1, 0.15) is 31.4 Å². The molecule has 0 spiro atoms. The van der Waals surface area contributed by atoms with Gasteiger partial charge < -0.3 is 14.6 Å². The zero-order chi connectivity index (χ0) is 14.5. The van der Waals surface area contributed by atoms with Crippen molar-refractivity contribution in [3.05, 3.63) is 35.4 Å². The maximum absolute atomic E-state index is 12.1. The Kier molecular flexibility index (Phi) is 2.58. The number of benzene rings is 1. The number of carboxylic acid groups (broad SMARTS) is 1. The van der Waals surface area contributed by atoms with Crippen LogP contribution in [0.3, 0.4) is 0 Å². The Morgan fingerprint density at radius 2 is 2.10 bits per heavy atom. The standard InChI is InChI=1S/C15H17NO4/c1-14-8-7-10-5-3-4-6-11(10)15(14,2)16(9-12(17)18)13(19)20-14/h3-6H,7-9H2,1-2H3,(H,17,18)/p-1/t14-,15+/m1/s1. The van der Waals surface area contributed by atoms with Crippen molar-refractivity contribution in [3.63, 3.8) is 0 Å². The molecule has 5 heteroatoms. The SMILES string of the molecule is C[C@@]12CCc3ccccc3[C@]1(C)N(CC(=O)[O-])C(=O)O2. The summed E-state index contributed by atoms with van der Waals surface area (Å²) >= 11 is 0. The minimum atomic E-state index is -1.28. The van der Waals surface area contributed by atoms with Crippen molar-refractivity contribution >= 4 is 12.1 Å². The Morgan fingerprint density at radius 3 is 2.80 bits per heavy atom. The summed E-state index contributed by atoms with van der Waals surface area (Å²) in [6.45, 7) is 3.29. The van der Waals surface area contributed by atoms with E-state index in [0.717, 1.165) is 17.5 Å². The smallest absolute Gasteiger partial charge is 0.411 e. The molecule has 0 saturated carbocycles. The molecule has 3 rings (SSSR count). The highest BCUT2D eigenvalue weighted by atomic mass is 16.6. The normalized spacial score (nSPS) is 31.5. The first-order chi connectivity index (χ1) is 9.38. The van der Waals surface area contributed by atoms with Crippen LogP contribution < -0.4 is 5.11 Å². The quantitative estimate of drug-likeness (QED) is 0.800. The highest BCUT2D eigenvalue weighted by Gasteiger charge is 2.62. The Hall–Kier alpha value is -2.04. The Bertz CT molecular complexity index is 599. The van der Waals surface area contributed by atoms with E-state index >= 15 is 0 Å². The molecule has 0 N–H and O–H groups in total. The van der Waals surface area contributed by atoms with Crippen LogP contribution in [0.4, 0.5) is 4.79 Å². The van der Waals surface area contributed by atoms with Gasteiger partial charge in [0.25, 0.3) is 0 Å². The fraction of sp³-hybridized carbons (Fsp3) is 0.467. The minimum Gasteiger partial charge on any atom is -0.548 e. The fourth-order valence-corrected chi connectivity index (χ4v) is 3.48. The van der Waals surface area contributed by atoms with Gasteiger partial charge in [-0.25, -0.2) is 4.79 Å². The van der Waals surface area contributed by atoms with Crippen LogP contribution in [-0.2, 0) is 21.5 Å². The molecule has 106 valence electrons. The third-order valence-corrected chi connectivity index (χ3v) is 4.80. The van der Waals surface area contributed by atoms with Gasteiger partial charge in [-0.3, -0.25) is 4.90 Å². The van der Waals surface area contributed by atoms with E-state index in [0.29, 0.717) is 6.42 Å². The molecule has 1 saturated heterocycles. The average molecular weight is 274 g/mol. The van der Waals surface area contributed by atoms with E-state index in [-0.39, 0.29) is 0 Å². The molecule has 5 nitrogen and oxygen atoms in total. The van der Waals surface area contributed by atoms with Gasteiger partial charge in [0.2, 0.25) is 0 Å². The van der Waals surface area contributed by atoms with Crippen LogP contribution in [-0.4, -0.2) is 29.1 Å². The molecule has 0 aromatic heterocycles. The number of ether oxygens (including phenoxy) is 1. The molecular formula is C15H16NO4-. The first kappa shape index (κ1) is 13.0. The van der Waals surface area contributed by atoms with Crippen LogP contribution in [0.15, 0.2) is 24.3 Å². The molecule has 1 fully saturated rings. The van der Waals surface area contributed by atoms with Gasteiger partial charge in [0, 0.05) is 0 Å². The molecule has 1 amide bonds. The molecule has 0 bridgehead atoms. The predicted molar refractivity (Wildman–Crippen MR) is 68.7 cm³/mol. The second-order valence-corrected chi connectivity index (χ2v) is 5.79. The van der Waals surface area contributed by atoms with Crippen LogP contribution >= 0.6 is 0 Å². The van der Waals surface area contributed by atoms with E-state index in [1.165, 1.54) is 4.90 Å². The van der Waals surface area contributed by atoms with Crippen molar-refractivity contribution in [2.24, 2.45) is 0 Å². The zero-order valence-corrected chi connectivity index (χ0v) is 11.5. The van der Waals surface area contributed by atoms with Crippen molar-refractivity contribution < 1.29 is 19.4 Å². The summed E-state index contributed by atoms with van der Waals surface area (Å²) in [6, 6.07) is 7.80. The van der Waals surface area contributed by atoms with E-state index < -0.39 is 29.7 Å². The minimum absolute atomic E-state index is 0.459. The van der Waals surface area contributed by atoms with Gasteiger partial charge in [-0.1, -0.05) is 24.3 Å². The van der Waals surface area contributed by atoms with E-state index in [1.54, 1.807) is 0 Å². The average Bonchev–Trinajstić information content (AvgIpc) is 2.59. The van der Waals surface area contributed by atoms with Gasteiger partial charge in [-0.2, -0.15) is 0 Å². The molecule has 1 heterocycles. The molecule has 2 aliphatic rings. The largest absolute Gasteiger partial charge is 0.548 e. The second kappa shape index (κ2) is 3.98. The number of aryl methyl sites for hydroxylation is 1. The van der Waals surface area contributed by atoms with Crippen molar-refractivity contribution in [1.82, 2.24) is 4.90 Å². The van der Waals surface area contributed by atoms with Crippen LogP contribution in [0.5, 0.6) is 0 Å². The van der Waals surface area contributed by atoms with Crippen molar-refractivity contribution in [3.8, 4) is 0 Å². The number of fused-ring (bicyclic) bond motifs is 3. The lowest BCUT2D eigenvalue weighted by atomic mass is 9.67. The number of hydrogen-bond acceptors (Lipinski definition) is 4. The monoisotopic (exact) mass is 274 g/mol. The third kappa shape index (κ3) is 1.49. The summed E-state index contributed by atoms with van der Waals surface area (Å²) < 4.78 is 5.52. The van der Waals surface area contributed by atoms with Crippen LogP contribution in [0, 0.1) is 0 Å². The van der Waals surface area contributed by atoms with E-state index in [2.05, 4.69) is 0 Å². The number of carbonyl (C=O) groups excluding carboxylic acids is 2. The molecular weight excluding hydrogens is 258 g/mol. The number of hydrogen-bond donors (Lipinski definition) is 0. The molecule has 0 radical (unpaired) electrons. The van der Waals surface area contributed by atoms with Gasteiger partial charge in [0.1, 0.15) is 11.1 Å². The topological polar surface area (TPSA) is 69.7 Å². The van der Waals surface area contributed by atoms with Gasteiger partial charge >= 0.3 is 6.09 Å². The first-order valence-corrected chi connectivity index (χ1v) is 6.67. The van der Waals surface area contributed by atoms with Gasteiger partial charge in [-0.15, -0.1) is 0 Å². The lowest BCUT2D eigenvalue weighted by Gasteiger charge is -2.46. The Morgan fingerprint density at radius 1 is 1.40 bits per heavy atom. The summed E-state index contributed by atoms with van der Waals surface area (Å²) in [5.74, 6) is -1.28. The molecule has 2 atom stereocenters. The number of aliphatic carboxylic acids is 1. The van der Waals surface area contributed by atoms with E-state index in [1.807, 2.05) is 38.1 Å². The molecule has 20 heavy (non-hydrogen) atoms. The second-order valence-electron chi connectivity index (χ2n) is 5.79.